The number of carboxylic acids is 1. The molecule has 1 aromatic rings. The topological polar surface area (TPSA) is 49.3 Å². The molecule has 80 valence electrons. The average molecular weight is 270 g/mol. The third-order valence-corrected chi connectivity index (χ3v) is 3.43. The van der Waals surface area contributed by atoms with Gasteiger partial charge < -0.3 is 10.4 Å². The van der Waals surface area contributed by atoms with E-state index in [-0.39, 0.29) is 0 Å². The third kappa shape index (κ3) is 2.21. The molecule has 0 saturated carbocycles. The minimum absolute atomic E-state index is 0.330. The third-order valence-electron chi connectivity index (χ3n) is 2.75. The SMILES string of the molecule is O=C(O)c1ccc(C2CCNC2)c(Br)c1. The molecular weight excluding hydrogens is 258 g/mol. The summed E-state index contributed by atoms with van der Waals surface area (Å²) in [5.41, 5.74) is 1.53. The van der Waals surface area contributed by atoms with E-state index in [0.717, 1.165) is 24.0 Å². The minimum atomic E-state index is -0.883. The first-order chi connectivity index (χ1) is 7.18. The molecule has 4 heteroatoms. The molecule has 1 unspecified atom stereocenters. The summed E-state index contributed by atoms with van der Waals surface area (Å²) >= 11 is 3.43. The van der Waals surface area contributed by atoms with Crippen molar-refractivity contribution in [1.82, 2.24) is 5.32 Å². The van der Waals surface area contributed by atoms with E-state index in [4.69, 9.17) is 5.11 Å². The van der Waals surface area contributed by atoms with Crippen LogP contribution in [0.2, 0.25) is 0 Å². The molecule has 2 rings (SSSR count). The largest absolute Gasteiger partial charge is 0.478 e. The van der Waals surface area contributed by atoms with Gasteiger partial charge in [0, 0.05) is 11.0 Å². The maximum absolute atomic E-state index is 10.8. The highest BCUT2D eigenvalue weighted by molar-refractivity contribution is 9.10. The molecule has 0 radical (unpaired) electrons. The van der Waals surface area contributed by atoms with Gasteiger partial charge in [-0.1, -0.05) is 22.0 Å². The first-order valence-electron chi connectivity index (χ1n) is 4.92. The second-order valence-electron chi connectivity index (χ2n) is 3.73. The molecule has 0 aliphatic carbocycles. The standard InChI is InChI=1S/C11H12BrNO2/c12-10-5-7(11(14)15)1-2-9(10)8-3-4-13-6-8/h1-2,5,8,13H,3-4,6H2,(H,14,15). The molecule has 1 saturated heterocycles. The minimum Gasteiger partial charge on any atom is -0.478 e. The highest BCUT2D eigenvalue weighted by Gasteiger charge is 2.19. The Kier molecular flexibility index (Phi) is 3.07. The molecule has 0 amide bonds. The number of rotatable bonds is 2. The van der Waals surface area contributed by atoms with Gasteiger partial charge in [0.2, 0.25) is 0 Å². The lowest BCUT2D eigenvalue weighted by molar-refractivity contribution is 0.0697. The fourth-order valence-corrected chi connectivity index (χ4v) is 2.61. The van der Waals surface area contributed by atoms with Gasteiger partial charge in [-0.2, -0.15) is 0 Å². The van der Waals surface area contributed by atoms with Crippen LogP contribution >= 0.6 is 15.9 Å². The van der Waals surface area contributed by atoms with Crippen LogP contribution < -0.4 is 5.32 Å². The fourth-order valence-electron chi connectivity index (χ4n) is 1.91. The second kappa shape index (κ2) is 4.33. The van der Waals surface area contributed by atoms with Crippen molar-refractivity contribution in [2.75, 3.05) is 13.1 Å². The van der Waals surface area contributed by atoms with Crippen molar-refractivity contribution < 1.29 is 9.90 Å². The second-order valence-corrected chi connectivity index (χ2v) is 4.59. The van der Waals surface area contributed by atoms with Crippen LogP contribution in [0, 0.1) is 0 Å². The van der Waals surface area contributed by atoms with Crippen LogP contribution in [0.4, 0.5) is 0 Å². The van der Waals surface area contributed by atoms with Gasteiger partial charge >= 0.3 is 5.97 Å². The van der Waals surface area contributed by atoms with Gasteiger partial charge in [-0.15, -0.1) is 0 Å². The molecule has 0 spiro atoms. The number of aromatic carboxylic acids is 1. The van der Waals surface area contributed by atoms with Gasteiger partial charge in [0.15, 0.2) is 0 Å². The Morgan fingerprint density at radius 1 is 1.53 bits per heavy atom. The summed E-state index contributed by atoms with van der Waals surface area (Å²) in [5.74, 6) is -0.381. The van der Waals surface area contributed by atoms with Crippen molar-refractivity contribution in [3.05, 3.63) is 33.8 Å². The van der Waals surface area contributed by atoms with E-state index in [2.05, 4.69) is 21.2 Å². The Morgan fingerprint density at radius 2 is 2.33 bits per heavy atom. The smallest absolute Gasteiger partial charge is 0.335 e. The van der Waals surface area contributed by atoms with Gasteiger partial charge in [-0.3, -0.25) is 0 Å². The van der Waals surface area contributed by atoms with E-state index < -0.39 is 5.97 Å². The molecule has 3 nitrogen and oxygen atoms in total. The molecule has 1 aliphatic heterocycles. The van der Waals surface area contributed by atoms with Crippen LogP contribution in [0.1, 0.15) is 28.3 Å². The summed E-state index contributed by atoms with van der Waals surface area (Å²) in [6.07, 6.45) is 1.12. The Bertz CT molecular complexity index is 386. The fraction of sp³-hybridized carbons (Fsp3) is 0.364. The first-order valence-corrected chi connectivity index (χ1v) is 5.71. The van der Waals surface area contributed by atoms with E-state index in [9.17, 15) is 4.79 Å². The Labute approximate surface area is 96.6 Å². The van der Waals surface area contributed by atoms with Crippen LogP contribution in [-0.2, 0) is 0 Å². The van der Waals surface area contributed by atoms with Crippen LogP contribution in [-0.4, -0.2) is 24.2 Å². The molecule has 1 fully saturated rings. The monoisotopic (exact) mass is 269 g/mol. The van der Waals surface area contributed by atoms with Crippen molar-refractivity contribution in [1.29, 1.82) is 0 Å². The lowest BCUT2D eigenvalue weighted by atomic mass is 9.97. The number of halogens is 1. The van der Waals surface area contributed by atoms with E-state index in [1.807, 2.05) is 6.07 Å². The molecule has 0 bridgehead atoms. The summed E-state index contributed by atoms with van der Waals surface area (Å²) in [6, 6.07) is 5.25. The zero-order valence-corrected chi connectivity index (χ0v) is 9.75. The quantitative estimate of drug-likeness (QED) is 0.866. The number of benzene rings is 1. The Balaban J connectivity index is 2.29. The number of carbonyl (C=O) groups is 1. The number of hydrogen-bond acceptors (Lipinski definition) is 2. The highest BCUT2D eigenvalue weighted by atomic mass is 79.9. The summed E-state index contributed by atoms with van der Waals surface area (Å²) in [7, 11) is 0. The molecule has 1 aliphatic rings. The van der Waals surface area contributed by atoms with Crippen LogP contribution in [0.15, 0.2) is 22.7 Å². The van der Waals surface area contributed by atoms with Crippen molar-refractivity contribution in [3.63, 3.8) is 0 Å². The molecule has 1 atom stereocenters. The van der Waals surface area contributed by atoms with Gasteiger partial charge in [-0.05, 0) is 36.6 Å². The molecule has 15 heavy (non-hydrogen) atoms. The van der Waals surface area contributed by atoms with Crippen molar-refractivity contribution in [2.45, 2.75) is 12.3 Å². The number of carboxylic acid groups (broad SMARTS) is 1. The molecule has 2 N–H and O–H groups in total. The molecule has 1 aromatic carbocycles. The zero-order valence-electron chi connectivity index (χ0n) is 8.16. The van der Waals surface area contributed by atoms with Crippen molar-refractivity contribution >= 4 is 21.9 Å². The predicted octanol–water partition coefficient (Wildman–Crippen LogP) is 2.22. The summed E-state index contributed by atoms with van der Waals surface area (Å²) in [6.45, 7) is 2.02. The van der Waals surface area contributed by atoms with Gasteiger partial charge in [-0.25, -0.2) is 4.79 Å². The van der Waals surface area contributed by atoms with Gasteiger partial charge in [0.25, 0.3) is 0 Å². The van der Waals surface area contributed by atoms with E-state index in [1.165, 1.54) is 5.56 Å². The summed E-state index contributed by atoms with van der Waals surface area (Å²) < 4.78 is 0.899. The van der Waals surface area contributed by atoms with Crippen molar-refractivity contribution in [2.24, 2.45) is 0 Å². The van der Waals surface area contributed by atoms with Crippen LogP contribution in [0.25, 0.3) is 0 Å². The van der Waals surface area contributed by atoms with Gasteiger partial charge in [0.05, 0.1) is 5.56 Å². The maximum Gasteiger partial charge on any atom is 0.335 e. The average Bonchev–Trinajstić information content (AvgIpc) is 2.70. The maximum atomic E-state index is 10.8. The molecular formula is C11H12BrNO2. The zero-order chi connectivity index (χ0) is 10.8. The predicted molar refractivity (Wildman–Crippen MR) is 61.3 cm³/mol. The van der Waals surface area contributed by atoms with Crippen LogP contribution in [0.3, 0.4) is 0 Å². The van der Waals surface area contributed by atoms with E-state index in [0.29, 0.717) is 11.5 Å². The Morgan fingerprint density at radius 3 is 2.87 bits per heavy atom. The lowest BCUT2D eigenvalue weighted by Crippen LogP contribution is -2.08. The molecule has 0 aromatic heterocycles. The summed E-state index contributed by atoms with van der Waals surface area (Å²) in [4.78, 5) is 10.8. The van der Waals surface area contributed by atoms with Crippen molar-refractivity contribution in [3.8, 4) is 0 Å². The Hall–Kier alpha value is -0.870. The lowest BCUT2D eigenvalue weighted by Gasteiger charge is -2.11. The number of nitrogens with one attached hydrogen (secondary N) is 1. The van der Waals surface area contributed by atoms with E-state index in [1.54, 1.807) is 12.1 Å². The summed E-state index contributed by atoms with van der Waals surface area (Å²) in [5, 5.41) is 12.1. The molecule has 1 heterocycles. The normalized spacial score (nSPS) is 20.5. The number of hydrogen-bond donors (Lipinski definition) is 2. The van der Waals surface area contributed by atoms with Gasteiger partial charge in [0.1, 0.15) is 0 Å². The van der Waals surface area contributed by atoms with E-state index >= 15 is 0 Å². The first kappa shape index (κ1) is 10.6. The van der Waals surface area contributed by atoms with Crippen LogP contribution in [0.5, 0.6) is 0 Å². The highest BCUT2D eigenvalue weighted by Crippen LogP contribution is 2.29.